The lowest BCUT2D eigenvalue weighted by Crippen LogP contribution is -2.31. The van der Waals surface area contributed by atoms with Crippen molar-refractivity contribution in [3.8, 4) is 11.3 Å². The fourth-order valence-electron chi connectivity index (χ4n) is 7.96. The van der Waals surface area contributed by atoms with Crippen LogP contribution >= 0.6 is 15.8 Å². The molecule has 6 aromatic rings. The Morgan fingerprint density at radius 1 is 0.538 bits per heavy atom. The molecule has 7 rings (SSSR count). The molecule has 0 spiro atoms. The van der Waals surface area contributed by atoms with E-state index in [1.165, 1.54) is 82.0 Å². The number of benzene rings is 5. The molecule has 0 amide bonds. The Morgan fingerprint density at radius 2 is 0.942 bits per heavy atom. The van der Waals surface area contributed by atoms with Crippen molar-refractivity contribution in [1.29, 1.82) is 0 Å². The molecule has 5 heteroatoms. The number of aromatic nitrogens is 3. The third-order valence-electron chi connectivity index (χ3n) is 9.82. The molecule has 1 aliphatic rings. The monoisotopic (exact) mass is 717 g/mol. The third-order valence-corrected chi connectivity index (χ3v) is 14.7. The van der Waals surface area contributed by atoms with Gasteiger partial charge in [-0.05, 0) is 109 Å². The van der Waals surface area contributed by atoms with Crippen molar-refractivity contribution in [1.82, 2.24) is 15.0 Å². The summed E-state index contributed by atoms with van der Waals surface area (Å²) in [6.07, 6.45) is 5.68. The van der Waals surface area contributed by atoms with Crippen LogP contribution in [0.1, 0.15) is 63.9 Å². The van der Waals surface area contributed by atoms with Crippen LogP contribution in [0.3, 0.4) is 0 Å². The molecule has 0 bridgehead atoms. The summed E-state index contributed by atoms with van der Waals surface area (Å²) in [5.74, 6) is 0. The summed E-state index contributed by atoms with van der Waals surface area (Å²) < 4.78 is 2.28. The summed E-state index contributed by atoms with van der Waals surface area (Å²) in [5.41, 5.74) is 15.0. The summed E-state index contributed by atoms with van der Waals surface area (Å²) in [6.45, 7) is 20.1. The highest BCUT2D eigenvalue weighted by Gasteiger charge is 2.33. The summed E-state index contributed by atoms with van der Waals surface area (Å²) in [4.78, 5) is 0. The average Bonchev–Trinajstić information content (AvgIpc) is 3.72. The van der Waals surface area contributed by atoms with E-state index in [4.69, 9.17) is 10.3 Å². The van der Waals surface area contributed by atoms with Crippen molar-refractivity contribution < 1.29 is 0 Å². The number of aryl methyl sites for hydroxylation is 8. The van der Waals surface area contributed by atoms with E-state index >= 15 is 0 Å². The maximum Gasteiger partial charge on any atom is 0.121 e. The van der Waals surface area contributed by atoms with Gasteiger partial charge in [0, 0.05) is 13.5 Å². The lowest BCUT2D eigenvalue weighted by atomic mass is 10.1. The molecule has 262 valence electrons. The standard InChI is InChI=1S/C47H49N3P2/c1-30-18-31(2)23-40(22-30)51(41-24-32(3)19-33(4)25-41)45-17-13-16-44(45)38(9)50-47(46(48-49-50)39-14-11-10-12-15-39)52(42-26-34(5)20-35(6)27-42)43-28-36(7)21-37(8)29-43/h10-16,18-29,38H,17H2,1-9H3/t38-/m0/s1. The van der Waals surface area contributed by atoms with Crippen molar-refractivity contribution in [3.63, 3.8) is 0 Å². The number of hydrogen-bond acceptors (Lipinski definition) is 2. The van der Waals surface area contributed by atoms with Gasteiger partial charge in [-0.3, -0.25) is 0 Å². The Bertz CT molecular complexity index is 2160. The van der Waals surface area contributed by atoms with Crippen LogP contribution in [0.25, 0.3) is 11.3 Å². The topological polar surface area (TPSA) is 30.7 Å². The quantitative estimate of drug-likeness (QED) is 0.140. The van der Waals surface area contributed by atoms with Gasteiger partial charge in [0.2, 0.25) is 0 Å². The molecule has 0 fully saturated rings. The van der Waals surface area contributed by atoms with Crippen molar-refractivity contribution in [2.75, 3.05) is 0 Å². The second-order valence-corrected chi connectivity index (χ2v) is 19.2. The van der Waals surface area contributed by atoms with Crippen LogP contribution in [0, 0.1) is 55.4 Å². The molecule has 0 unspecified atom stereocenters. The van der Waals surface area contributed by atoms with Crippen LogP contribution in [0.5, 0.6) is 0 Å². The molecule has 1 heterocycles. The zero-order valence-electron chi connectivity index (χ0n) is 32.0. The van der Waals surface area contributed by atoms with Crippen molar-refractivity contribution in [2.24, 2.45) is 0 Å². The van der Waals surface area contributed by atoms with Crippen LogP contribution in [0.2, 0.25) is 0 Å². The van der Waals surface area contributed by atoms with E-state index in [0.717, 1.165) is 17.7 Å². The number of hydrogen-bond donors (Lipinski definition) is 0. The lowest BCUT2D eigenvalue weighted by Gasteiger charge is -2.28. The minimum absolute atomic E-state index is 0.0302. The summed E-state index contributed by atoms with van der Waals surface area (Å²) in [6, 6.07) is 38.9. The molecule has 0 saturated carbocycles. The van der Waals surface area contributed by atoms with Crippen LogP contribution in [-0.4, -0.2) is 15.0 Å². The molecule has 52 heavy (non-hydrogen) atoms. The highest BCUT2D eigenvalue weighted by molar-refractivity contribution is 7.80. The lowest BCUT2D eigenvalue weighted by molar-refractivity contribution is 0.554. The minimum atomic E-state index is -1.02. The zero-order valence-corrected chi connectivity index (χ0v) is 33.8. The van der Waals surface area contributed by atoms with E-state index in [9.17, 15) is 0 Å². The summed E-state index contributed by atoms with van der Waals surface area (Å²) >= 11 is 0. The van der Waals surface area contributed by atoms with E-state index < -0.39 is 15.8 Å². The van der Waals surface area contributed by atoms with E-state index in [0.29, 0.717) is 0 Å². The van der Waals surface area contributed by atoms with Crippen LogP contribution < -0.4 is 26.7 Å². The highest BCUT2D eigenvalue weighted by atomic mass is 31.1. The molecular formula is C47H49N3P2. The first-order chi connectivity index (χ1) is 24.9. The number of rotatable bonds is 9. The molecule has 0 radical (unpaired) electrons. The molecule has 3 nitrogen and oxygen atoms in total. The SMILES string of the molecule is Cc1cc(C)cc(P(C2=C([C@H](C)n3nnc(-c4ccccc4)c3P(c3cc(C)cc(C)c3)c3cc(C)cc(C)c3)C=CC2)c2cc(C)cc(C)c2)c1. The summed E-state index contributed by atoms with van der Waals surface area (Å²) in [5, 5.41) is 17.2. The van der Waals surface area contributed by atoms with Crippen molar-refractivity contribution >= 4 is 42.5 Å². The largest absolute Gasteiger partial charge is 0.236 e. The van der Waals surface area contributed by atoms with Crippen molar-refractivity contribution in [2.45, 2.75) is 74.8 Å². The maximum absolute atomic E-state index is 5.12. The number of nitrogens with zero attached hydrogens (tertiary/aromatic N) is 3. The molecule has 1 aliphatic carbocycles. The first-order valence-corrected chi connectivity index (χ1v) is 21.0. The van der Waals surface area contributed by atoms with E-state index in [1.807, 2.05) is 0 Å². The summed E-state index contributed by atoms with van der Waals surface area (Å²) in [7, 11) is -1.81. The van der Waals surface area contributed by atoms with Crippen LogP contribution in [0.4, 0.5) is 0 Å². The predicted molar refractivity (Wildman–Crippen MR) is 227 cm³/mol. The van der Waals surface area contributed by atoms with Gasteiger partial charge in [-0.2, -0.15) is 0 Å². The molecule has 0 aliphatic heterocycles. The molecule has 1 atom stereocenters. The van der Waals surface area contributed by atoms with E-state index in [-0.39, 0.29) is 6.04 Å². The zero-order chi connectivity index (χ0) is 36.7. The first-order valence-electron chi connectivity index (χ1n) is 18.3. The highest BCUT2D eigenvalue weighted by Crippen LogP contribution is 2.51. The average molecular weight is 718 g/mol. The maximum atomic E-state index is 5.12. The van der Waals surface area contributed by atoms with Gasteiger partial charge in [-0.25, -0.2) is 4.68 Å². The van der Waals surface area contributed by atoms with Gasteiger partial charge in [0.1, 0.15) is 5.69 Å². The Hall–Kier alpha value is -4.42. The molecule has 1 aromatic heterocycles. The fraction of sp³-hybridized carbons (Fsp3) is 0.234. The van der Waals surface area contributed by atoms with Gasteiger partial charge < -0.3 is 0 Å². The van der Waals surface area contributed by atoms with Gasteiger partial charge in [0.25, 0.3) is 0 Å². The molecular weight excluding hydrogens is 668 g/mol. The predicted octanol–water partition coefficient (Wildman–Crippen LogP) is 10.1. The second-order valence-electron chi connectivity index (χ2n) is 14.8. The normalized spacial score (nSPS) is 13.5. The van der Waals surface area contributed by atoms with E-state index in [1.54, 1.807) is 0 Å². The Kier molecular flexibility index (Phi) is 10.3. The first kappa shape index (κ1) is 36.0. The van der Waals surface area contributed by atoms with Crippen molar-refractivity contribution in [3.05, 3.63) is 171 Å². The van der Waals surface area contributed by atoms with Gasteiger partial charge in [0.15, 0.2) is 0 Å². The Balaban J connectivity index is 1.49. The molecule has 0 N–H and O–H groups in total. The van der Waals surface area contributed by atoms with Crippen LogP contribution in [-0.2, 0) is 0 Å². The minimum Gasteiger partial charge on any atom is -0.236 e. The third kappa shape index (κ3) is 7.41. The Morgan fingerprint density at radius 3 is 1.37 bits per heavy atom. The second kappa shape index (κ2) is 14.9. The van der Waals surface area contributed by atoms with Gasteiger partial charge in [0.05, 0.1) is 11.5 Å². The Labute approximate surface area is 313 Å². The number of allylic oxidation sites excluding steroid dienone is 4. The van der Waals surface area contributed by atoms with Crippen LogP contribution in [0.15, 0.2) is 126 Å². The molecule has 5 aromatic carbocycles. The van der Waals surface area contributed by atoms with E-state index in [2.05, 4.69) is 182 Å². The van der Waals surface area contributed by atoms with Gasteiger partial charge in [-0.15, -0.1) is 5.10 Å². The van der Waals surface area contributed by atoms with Gasteiger partial charge >= 0.3 is 0 Å². The fourth-order valence-corrected chi connectivity index (χ4v) is 13.9. The smallest absolute Gasteiger partial charge is 0.121 e. The molecule has 0 saturated heterocycles. The van der Waals surface area contributed by atoms with Gasteiger partial charge in [-0.1, -0.05) is 165 Å².